The van der Waals surface area contributed by atoms with E-state index in [0.717, 1.165) is 49.7 Å². The van der Waals surface area contributed by atoms with Gasteiger partial charge < -0.3 is 14.5 Å². The van der Waals surface area contributed by atoms with Crippen molar-refractivity contribution in [2.75, 3.05) is 39.5 Å². The van der Waals surface area contributed by atoms with Gasteiger partial charge in [0.15, 0.2) is 0 Å². The molecule has 5 rings (SSSR count). The molecule has 1 saturated heterocycles. The molecule has 0 atom stereocenters. The zero-order valence-corrected chi connectivity index (χ0v) is 17.8. The van der Waals surface area contributed by atoms with E-state index in [2.05, 4.69) is 25.1 Å². The molecule has 0 bridgehead atoms. The van der Waals surface area contributed by atoms with E-state index in [4.69, 9.17) is 9.47 Å². The van der Waals surface area contributed by atoms with Gasteiger partial charge in [-0.05, 0) is 6.07 Å². The lowest BCUT2D eigenvalue weighted by molar-refractivity contribution is 0.0322. The van der Waals surface area contributed by atoms with Crippen LogP contribution in [0.4, 0.5) is 0 Å². The molecule has 2 N–H and O–H groups in total. The molecule has 2 aromatic heterocycles. The summed E-state index contributed by atoms with van der Waals surface area (Å²) in [4.78, 5) is 22.4. The molecule has 9 heteroatoms. The summed E-state index contributed by atoms with van der Waals surface area (Å²) in [5.41, 5.74) is 3.42. The van der Waals surface area contributed by atoms with Crippen molar-refractivity contribution in [3.8, 4) is 5.75 Å². The third-order valence-electron chi connectivity index (χ3n) is 5.40. The van der Waals surface area contributed by atoms with Crippen LogP contribution in [0.1, 0.15) is 17.1 Å². The number of halogens is 1. The highest BCUT2D eigenvalue weighted by Crippen LogP contribution is 2.25. The molecule has 31 heavy (non-hydrogen) atoms. The number of ether oxygens (including phenoxy) is 2. The summed E-state index contributed by atoms with van der Waals surface area (Å²) >= 11 is 0. The van der Waals surface area contributed by atoms with Crippen molar-refractivity contribution in [2.45, 2.75) is 6.42 Å². The molecule has 2 aliphatic rings. The topological polar surface area (TPSA) is 96.1 Å². The molecule has 1 aliphatic carbocycles. The minimum absolute atomic E-state index is 0. The Hall–Kier alpha value is -2.94. The van der Waals surface area contributed by atoms with Gasteiger partial charge in [0.05, 0.1) is 13.2 Å². The molecule has 0 radical (unpaired) electrons. The van der Waals surface area contributed by atoms with E-state index in [0.29, 0.717) is 35.6 Å². The van der Waals surface area contributed by atoms with Crippen LogP contribution in [0.15, 0.2) is 47.3 Å². The van der Waals surface area contributed by atoms with Crippen LogP contribution >= 0.6 is 12.4 Å². The van der Waals surface area contributed by atoms with Gasteiger partial charge in [-0.3, -0.25) is 14.8 Å². The second-order valence-electron chi connectivity index (χ2n) is 7.38. The van der Waals surface area contributed by atoms with Crippen LogP contribution in [0.2, 0.25) is 0 Å². The minimum atomic E-state index is -0.219. The number of nitrogens with zero attached hydrogens (tertiary/aromatic N) is 3. The third kappa shape index (κ3) is 4.56. The molecule has 3 aromatic rings. The van der Waals surface area contributed by atoms with Gasteiger partial charge in [0.2, 0.25) is 0 Å². The fourth-order valence-electron chi connectivity index (χ4n) is 3.68. The highest BCUT2D eigenvalue weighted by molar-refractivity contribution is 5.92. The number of H-pyrrole nitrogens is 2. The Morgan fingerprint density at radius 1 is 1.19 bits per heavy atom. The Bertz CT molecular complexity index is 1180. The number of benzene rings is 1. The molecule has 0 saturated carbocycles. The van der Waals surface area contributed by atoms with Gasteiger partial charge in [0.25, 0.3) is 5.56 Å². The second-order valence-corrected chi connectivity index (χ2v) is 7.38. The lowest BCUT2D eigenvalue weighted by Crippen LogP contribution is -2.38. The quantitative estimate of drug-likeness (QED) is 0.584. The number of hydrogen-bond donors (Lipinski definition) is 2. The lowest BCUT2D eigenvalue weighted by Gasteiger charge is -2.26. The van der Waals surface area contributed by atoms with Crippen LogP contribution in [0, 0.1) is 0 Å². The zero-order chi connectivity index (χ0) is 20.3. The molecular weight excluding hydrogens is 418 g/mol. The van der Waals surface area contributed by atoms with Crippen LogP contribution in [-0.4, -0.2) is 64.5 Å². The average Bonchev–Trinajstić information content (AvgIpc) is 3.13. The molecule has 0 amide bonds. The number of fused-ring (bicyclic) bond motifs is 1. The molecular formula is C22H24ClN5O3. The Morgan fingerprint density at radius 3 is 2.77 bits per heavy atom. The summed E-state index contributed by atoms with van der Waals surface area (Å²) in [6, 6.07) is 7.88. The van der Waals surface area contributed by atoms with Gasteiger partial charge in [0, 0.05) is 37.2 Å². The molecule has 3 heterocycles. The number of morpholine rings is 1. The van der Waals surface area contributed by atoms with Crippen LogP contribution in [0.3, 0.4) is 0 Å². The Balaban J connectivity index is 0.00000231. The molecule has 1 aliphatic heterocycles. The van der Waals surface area contributed by atoms with Gasteiger partial charge in [-0.1, -0.05) is 36.4 Å². The number of aromatic amines is 2. The first-order valence-corrected chi connectivity index (χ1v) is 10.1. The summed E-state index contributed by atoms with van der Waals surface area (Å²) < 4.78 is 11.5. The van der Waals surface area contributed by atoms with E-state index in [1.165, 1.54) is 0 Å². The van der Waals surface area contributed by atoms with E-state index < -0.39 is 0 Å². The van der Waals surface area contributed by atoms with Gasteiger partial charge in [-0.2, -0.15) is 5.10 Å². The summed E-state index contributed by atoms with van der Waals surface area (Å²) in [6.45, 7) is 4.90. The van der Waals surface area contributed by atoms with E-state index >= 15 is 0 Å². The minimum Gasteiger partial charge on any atom is -0.492 e. The van der Waals surface area contributed by atoms with E-state index in [-0.39, 0.29) is 18.0 Å². The molecule has 162 valence electrons. The summed E-state index contributed by atoms with van der Waals surface area (Å²) in [5.74, 6) is 1.40. The predicted octanol–water partition coefficient (Wildman–Crippen LogP) is 2.32. The predicted molar refractivity (Wildman–Crippen MR) is 121 cm³/mol. The fraction of sp³-hybridized carbons (Fsp3) is 0.318. The van der Waals surface area contributed by atoms with Crippen molar-refractivity contribution in [3.63, 3.8) is 0 Å². The number of para-hydroxylation sites is 1. The van der Waals surface area contributed by atoms with Crippen molar-refractivity contribution < 1.29 is 9.47 Å². The highest BCUT2D eigenvalue weighted by atomic mass is 35.5. The van der Waals surface area contributed by atoms with Crippen LogP contribution in [-0.2, 0) is 11.2 Å². The van der Waals surface area contributed by atoms with Crippen molar-refractivity contribution in [3.05, 3.63) is 69.9 Å². The number of allylic oxidation sites excluding steroid dienone is 4. The van der Waals surface area contributed by atoms with Crippen molar-refractivity contribution in [1.82, 2.24) is 25.1 Å². The average molecular weight is 442 g/mol. The maximum Gasteiger partial charge on any atom is 0.276 e. The standard InChI is InChI=1S/C22H23N5O3.ClH/c28-22-21-20(19(25-26-21)15-5-3-6-15)23-18(24-22)14-16-4-1-2-7-17(16)30-13-10-27-8-11-29-12-9-27;/h1-7H,8-14H2,(H,25,26)(H,23,24,28);1H. The Labute approximate surface area is 185 Å². The zero-order valence-electron chi connectivity index (χ0n) is 17.0. The van der Waals surface area contributed by atoms with Gasteiger partial charge >= 0.3 is 0 Å². The maximum absolute atomic E-state index is 12.5. The molecule has 0 spiro atoms. The smallest absolute Gasteiger partial charge is 0.276 e. The Kier molecular flexibility index (Phi) is 6.50. The fourth-order valence-corrected chi connectivity index (χ4v) is 3.68. The van der Waals surface area contributed by atoms with Crippen molar-refractivity contribution >= 4 is 29.0 Å². The van der Waals surface area contributed by atoms with Crippen LogP contribution in [0.25, 0.3) is 16.6 Å². The lowest BCUT2D eigenvalue weighted by atomic mass is 10.0. The normalized spacial score (nSPS) is 15.9. The SMILES string of the molecule is Cl.O=c1[nH]c(Cc2ccccc2OCCN2CCOCC2)nc2c(C3=CC=C3)n[nH]c12. The molecule has 1 aromatic carbocycles. The summed E-state index contributed by atoms with van der Waals surface area (Å²) in [7, 11) is 0. The first-order valence-electron chi connectivity index (χ1n) is 10.1. The van der Waals surface area contributed by atoms with E-state index in [1.54, 1.807) is 0 Å². The van der Waals surface area contributed by atoms with E-state index in [9.17, 15) is 4.79 Å². The molecule has 8 nitrogen and oxygen atoms in total. The monoisotopic (exact) mass is 441 g/mol. The van der Waals surface area contributed by atoms with Gasteiger partial charge in [0.1, 0.15) is 34.9 Å². The number of nitrogens with one attached hydrogen (secondary N) is 2. The van der Waals surface area contributed by atoms with E-state index in [1.807, 2.05) is 42.5 Å². The first kappa shape index (κ1) is 21.3. The summed E-state index contributed by atoms with van der Waals surface area (Å²) in [5, 5.41) is 7.06. The van der Waals surface area contributed by atoms with Crippen LogP contribution in [0.5, 0.6) is 5.75 Å². The summed E-state index contributed by atoms with van der Waals surface area (Å²) in [6.07, 6.45) is 6.32. The molecule has 1 fully saturated rings. The number of hydrogen-bond acceptors (Lipinski definition) is 6. The third-order valence-corrected chi connectivity index (χ3v) is 5.40. The van der Waals surface area contributed by atoms with Crippen molar-refractivity contribution in [2.24, 2.45) is 0 Å². The second kappa shape index (κ2) is 9.47. The van der Waals surface area contributed by atoms with Gasteiger partial charge in [-0.25, -0.2) is 4.98 Å². The largest absolute Gasteiger partial charge is 0.492 e. The van der Waals surface area contributed by atoms with Gasteiger partial charge in [-0.15, -0.1) is 12.4 Å². The van der Waals surface area contributed by atoms with Crippen molar-refractivity contribution in [1.29, 1.82) is 0 Å². The number of aromatic nitrogens is 4. The Morgan fingerprint density at radius 2 is 2.00 bits per heavy atom. The molecule has 0 unspecified atom stereocenters. The maximum atomic E-state index is 12.5. The first-order chi connectivity index (χ1) is 14.8. The van der Waals surface area contributed by atoms with Crippen LogP contribution < -0.4 is 10.3 Å². The number of rotatable bonds is 7. The highest BCUT2D eigenvalue weighted by Gasteiger charge is 2.17.